The Morgan fingerprint density at radius 1 is 0.600 bits per heavy atom. The Hall–Kier alpha value is -1.06. The van der Waals surface area contributed by atoms with E-state index >= 15 is 0 Å². The molecule has 4 nitrogen and oxygen atoms in total. The summed E-state index contributed by atoms with van der Waals surface area (Å²) in [7, 11) is 2.70. The molecule has 0 atom stereocenters. The maximum Gasteiger partial charge on any atom is 0.323 e. The van der Waals surface area contributed by atoms with E-state index in [1.54, 1.807) is 0 Å². The molecular weight excluding hydrogens is 316 g/mol. The Morgan fingerprint density at radius 2 is 0.960 bits per heavy atom. The van der Waals surface area contributed by atoms with Crippen molar-refractivity contribution in [2.24, 2.45) is 5.41 Å². The molecule has 4 heteroatoms. The predicted octanol–water partition coefficient (Wildman–Crippen LogP) is 5.82. The van der Waals surface area contributed by atoms with Crippen LogP contribution in [0.3, 0.4) is 0 Å². The van der Waals surface area contributed by atoms with E-state index in [2.05, 4.69) is 13.8 Å². The number of methoxy groups -OCH3 is 2. The molecule has 0 aromatic carbocycles. The van der Waals surface area contributed by atoms with Gasteiger partial charge in [-0.2, -0.15) is 0 Å². The van der Waals surface area contributed by atoms with Crippen molar-refractivity contribution in [1.82, 2.24) is 0 Å². The van der Waals surface area contributed by atoms with E-state index in [0.717, 1.165) is 25.7 Å². The zero-order chi connectivity index (χ0) is 19.0. The van der Waals surface area contributed by atoms with E-state index < -0.39 is 17.4 Å². The fraction of sp³-hybridized carbons (Fsp3) is 0.905. The number of carbonyl (C=O) groups excluding carboxylic acids is 2. The van der Waals surface area contributed by atoms with Gasteiger partial charge in [0.15, 0.2) is 5.41 Å². The van der Waals surface area contributed by atoms with Gasteiger partial charge in [0.25, 0.3) is 0 Å². The van der Waals surface area contributed by atoms with Crippen molar-refractivity contribution >= 4 is 11.9 Å². The van der Waals surface area contributed by atoms with Crippen molar-refractivity contribution in [3.63, 3.8) is 0 Å². The van der Waals surface area contributed by atoms with Crippen LogP contribution in [0.5, 0.6) is 0 Å². The monoisotopic (exact) mass is 356 g/mol. The van der Waals surface area contributed by atoms with Crippen LogP contribution in [0, 0.1) is 5.41 Å². The number of esters is 2. The number of carbonyl (C=O) groups is 2. The molecular formula is C21H40O4. The third-order valence-corrected chi connectivity index (χ3v) is 5.07. The maximum absolute atomic E-state index is 12.3. The standard InChI is InChI=1S/C21H40O4/c1-5-7-9-10-11-12-13-14-15-16-18-21(17-8-6-2,19(22)24-3)20(23)25-4/h5-18H2,1-4H3. The quantitative estimate of drug-likeness (QED) is 0.199. The summed E-state index contributed by atoms with van der Waals surface area (Å²) in [5, 5.41) is 0. The lowest BCUT2D eigenvalue weighted by Crippen LogP contribution is -2.41. The van der Waals surface area contributed by atoms with Crippen molar-refractivity contribution in [3.8, 4) is 0 Å². The molecule has 0 N–H and O–H groups in total. The molecule has 0 spiro atoms. The van der Waals surface area contributed by atoms with Gasteiger partial charge >= 0.3 is 11.9 Å². The highest BCUT2D eigenvalue weighted by atomic mass is 16.5. The fourth-order valence-corrected chi connectivity index (χ4v) is 3.40. The van der Waals surface area contributed by atoms with E-state index in [-0.39, 0.29) is 0 Å². The summed E-state index contributed by atoms with van der Waals surface area (Å²) in [6.07, 6.45) is 15.1. The Balaban J connectivity index is 4.25. The zero-order valence-corrected chi connectivity index (χ0v) is 17.0. The van der Waals surface area contributed by atoms with Crippen LogP contribution in [0.1, 0.15) is 104 Å². The smallest absolute Gasteiger partial charge is 0.323 e. The average molecular weight is 357 g/mol. The van der Waals surface area contributed by atoms with E-state index in [4.69, 9.17) is 9.47 Å². The fourth-order valence-electron chi connectivity index (χ4n) is 3.40. The first-order valence-corrected chi connectivity index (χ1v) is 10.3. The number of rotatable bonds is 16. The van der Waals surface area contributed by atoms with Crippen LogP contribution in [0.4, 0.5) is 0 Å². The van der Waals surface area contributed by atoms with Crippen molar-refractivity contribution in [3.05, 3.63) is 0 Å². The molecule has 0 aromatic heterocycles. The van der Waals surface area contributed by atoms with E-state index in [0.29, 0.717) is 12.8 Å². The van der Waals surface area contributed by atoms with Gasteiger partial charge in [-0.05, 0) is 12.8 Å². The van der Waals surface area contributed by atoms with Gasteiger partial charge in [-0.25, -0.2) is 0 Å². The second kappa shape index (κ2) is 15.2. The minimum atomic E-state index is -1.11. The highest BCUT2D eigenvalue weighted by Crippen LogP contribution is 2.34. The lowest BCUT2D eigenvalue weighted by molar-refractivity contribution is -0.170. The summed E-state index contributed by atoms with van der Waals surface area (Å²) in [5.41, 5.74) is -1.11. The van der Waals surface area contributed by atoms with Gasteiger partial charge in [0.1, 0.15) is 0 Å². The normalized spacial score (nSPS) is 11.4. The molecule has 0 aliphatic carbocycles. The first-order valence-electron chi connectivity index (χ1n) is 10.3. The first kappa shape index (κ1) is 23.9. The van der Waals surface area contributed by atoms with Gasteiger partial charge in [-0.3, -0.25) is 9.59 Å². The Morgan fingerprint density at radius 3 is 1.36 bits per heavy atom. The molecule has 0 radical (unpaired) electrons. The lowest BCUT2D eigenvalue weighted by atomic mass is 9.78. The van der Waals surface area contributed by atoms with E-state index in [9.17, 15) is 9.59 Å². The Labute approximate surface area is 155 Å². The first-order chi connectivity index (χ1) is 12.1. The van der Waals surface area contributed by atoms with Gasteiger partial charge in [-0.15, -0.1) is 0 Å². The minimum absolute atomic E-state index is 0.441. The number of hydrogen-bond acceptors (Lipinski definition) is 4. The Bertz CT molecular complexity index is 336. The van der Waals surface area contributed by atoms with Crippen LogP contribution in [0.2, 0.25) is 0 Å². The molecule has 0 heterocycles. The van der Waals surface area contributed by atoms with E-state index in [1.807, 2.05) is 0 Å². The molecule has 0 saturated carbocycles. The number of hydrogen-bond donors (Lipinski definition) is 0. The predicted molar refractivity (Wildman–Crippen MR) is 102 cm³/mol. The Kier molecular flexibility index (Phi) is 14.6. The summed E-state index contributed by atoms with van der Waals surface area (Å²) in [5.74, 6) is -0.882. The van der Waals surface area contributed by atoms with Crippen LogP contribution in [0.15, 0.2) is 0 Å². The summed E-state index contributed by atoms with van der Waals surface area (Å²) < 4.78 is 9.88. The van der Waals surface area contributed by atoms with Gasteiger partial charge in [0.2, 0.25) is 0 Å². The van der Waals surface area contributed by atoms with Gasteiger partial charge in [-0.1, -0.05) is 90.9 Å². The average Bonchev–Trinajstić information content (AvgIpc) is 2.64. The van der Waals surface area contributed by atoms with Crippen LogP contribution in [-0.2, 0) is 19.1 Å². The molecule has 25 heavy (non-hydrogen) atoms. The van der Waals surface area contributed by atoms with Crippen molar-refractivity contribution in [2.45, 2.75) is 104 Å². The van der Waals surface area contributed by atoms with Crippen molar-refractivity contribution < 1.29 is 19.1 Å². The second-order valence-electron chi connectivity index (χ2n) is 7.10. The summed E-state index contributed by atoms with van der Waals surface area (Å²) in [4.78, 5) is 24.6. The van der Waals surface area contributed by atoms with Crippen LogP contribution in [-0.4, -0.2) is 26.2 Å². The van der Waals surface area contributed by atoms with Crippen LogP contribution < -0.4 is 0 Å². The lowest BCUT2D eigenvalue weighted by Gasteiger charge is -2.28. The molecule has 0 rings (SSSR count). The SMILES string of the molecule is CCCCCCCCCCCCC(CCCC)(C(=O)OC)C(=O)OC. The summed E-state index contributed by atoms with van der Waals surface area (Å²) in [6.45, 7) is 4.29. The highest BCUT2D eigenvalue weighted by Gasteiger charge is 2.47. The highest BCUT2D eigenvalue weighted by molar-refractivity contribution is 5.99. The molecule has 148 valence electrons. The maximum atomic E-state index is 12.3. The van der Waals surface area contributed by atoms with Gasteiger partial charge in [0.05, 0.1) is 14.2 Å². The topological polar surface area (TPSA) is 52.6 Å². The van der Waals surface area contributed by atoms with Crippen LogP contribution in [0.25, 0.3) is 0 Å². The molecule has 0 unspecified atom stereocenters. The largest absolute Gasteiger partial charge is 0.468 e. The van der Waals surface area contributed by atoms with E-state index in [1.165, 1.54) is 65.6 Å². The zero-order valence-electron chi connectivity index (χ0n) is 17.0. The van der Waals surface area contributed by atoms with Gasteiger partial charge < -0.3 is 9.47 Å². The molecule has 0 fully saturated rings. The molecule has 0 aliphatic rings. The van der Waals surface area contributed by atoms with Crippen molar-refractivity contribution in [1.29, 1.82) is 0 Å². The van der Waals surface area contributed by atoms with Crippen LogP contribution >= 0.6 is 0 Å². The molecule has 0 aliphatic heterocycles. The molecule has 0 aromatic rings. The third-order valence-electron chi connectivity index (χ3n) is 5.07. The summed E-state index contributed by atoms with van der Waals surface area (Å²) >= 11 is 0. The number of ether oxygens (including phenoxy) is 2. The minimum Gasteiger partial charge on any atom is -0.468 e. The second-order valence-corrected chi connectivity index (χ2v) is 7.10. The molecule has 0 bridgehead atoms. The summed E-state index contributed by atoms with van der Waals surface area (Å²) in [6, 6.07) is 0. The van der Waals surface area contributed by atoms with Gasteiger partial charge in [0, 0.05) is 0 Å². The molecule has 0 saturated heterocycles. The molecule has 0 amide bonds. The van der Waals surface area contributed by atoms with Crippen molar-refractivity contribution in [2.75, 3.05) is 14.2 Å². The number of unbranched alkanes of at least 4 members (excludes halogenated alkanes) is 10. The third kappa shape index (κ3) is 9.27.